The van der Waals surface area contributed by atoms with E-state index >= 15 is 0 Å². The maximum Gasteiger partial charge on any atom is 0.415 e. The molecule has 33 heavy (non-hydrogen) atoms. The van der Waals surface area contributed by atoms with Gasteiger partial charge in [0.15, 0.2) is 18.2 Å². The number of nitrogens with zero attached hydrogens (tertiary/aromatic N) is 5. The summed E-state index contributed by atoms with van der Waals surface area (Å²) in [7, 11) is 0. The van der Waals surface area contributed by atoms with E-state index in [4.69, 9.17) is 9.47 Å². The second-order valence-electron chi connectivity index (χ2n) is 8.43. The molecule has 2 aromatic rings. The van der Waals surface area contributed by atoms with Gasteiger partial charge in [-0.1, -0.05) is 0 Å². The predicted octanol–water partition coefficient (Wildman–Crippen LogP) is 1.10. The number of ether oxygens (including phenoxy) is 2. The first-order chi connectivity index (χ1) is 16.0. The summed E-state index contributed by atoms with van der Waals surface area (Å²) in [4.78, 5) is 38.0. The van der Waals surface area contributed by atoms with E-state index in [9.17, 15) is 14.9 Å². The minimum absolute atomic E-state index is 0.106. The van der Waals surface area contributed by atoms with Gasteiger partial charge in [-0.05, 0) is 56.3 Å². The van der Waals surface area contributed by atoms with Gasteiger partial charge >= 0.3 is 6.09 Å². The topological polar surface area (TPSA) is 142 Å². The third-order valence-electron chi connectivity index (χ3n) is 6.17. The van der Waals surface area contributed by atoms with Crippen molar-refractivity contribution in [3.8, 4) is 11.9 Å². The number of aromatic nitrogens is 3. The predicted molar refractivity (Wildman–Crippen MR) is 116 cm³/mol. The summed E-state index contributed by atoms with van der Waals surface area (Å²) < 4.78 is 10.7. The number of hydrogen-bond acceptors (Lipinski definition) is 9. The lowest BCUT2D eigenvalue weighted by molar-refractivity contribution is -0.118. The van der Waals surface area contributed by atoms with Gasteiger partial charge in [0.05, 0.1) is 18.3 Å². The van der Waals surface area contributed by atoms with E-state index in [1.54, 1.807) is 6.20 Å². The van der Waals surface area contributed by atoms with Crippen molar-refractivity contribution in [1.29, 1.82) is 5.26 Å². The first kappa shape index (κ1) is 21.1. The first-order valence-corrected chi connectivity index (χ1v) is 10.9. The molecule has 1 saturated heterocycles. The maximum absolute atomic E-state index is 12.3. The molecule has 2 aromatic heterocycles. The van der Waals surface area contributed by atoms with E-state index in [1.807, 2.05) is 6.92 Å². The van der Waals surface area contributed by atoms with Crippen molar-refractivity contribution in [2.45, 2.75) is 32.3 Å². The van der Waals surface area contributed by atoms with Crippen LogP contribution in [0.15, 0.2) is 12.4 Å². The lowest BCUT2D eigenvalue weighted by Crippen LogP contribution is -2.30. The number of nitrogens with one attached hydrogen (secondary N) is 2. The molecular weight excluding hydrogens is 426 g/mol. The smallest absolute Gasteiger partial charge is 0.415 e. The zero-order valence-corrected chi connectivity index (χ0v) is 18.1. The molecule has 1 fully saturated rings. The fourth-order valence-corrected chi connectivity index (χ4v) is 4.51. The number of amides is 2. The normalized spacial score (nSPS) is 21.0. The Morgan fingerprint density at radius 2 is 2.12 bits per heavy atom. The second kappa shape index (κ2) is 8.63. The van der Waals surface area contributed by atoms with Crippen LogP contribution in [-0.4, -0.2) is 59.3 Å². The van der Waals surface area contributed by atoms with E-state index in [0.29, 0.717) is 36.8 Å². The Balaban J connectivity index is 1.11. The van der Waals surface area contributed by atoms with Crippen molar-refractivity contribution in [2.75, 3.05) is 36.5 Å². The molecular formula is C22H23N7O4. The van der Waals surface area contributed by atoms with E-state index < -0.39 is 6.09 Å². The lowest BCUT2D eigenvalue weighted by Gasteiger charge is -2.18. The van der Waals surface area contributed by atoms with Gasteiger partial charge in [0.1, 0.15) is 12.2 Å². The van der Waals surface area contributed by atoms with E-state index in [-0.39, 0.29) is 30.3 Å². The molecule has 0 aromatic carbocycles. The van der Waals surface area contributed by atoms with Crippen LogP contribution in [0.3, 0.4) is 0 Å². The van der Waals surface area contributed by atoms with Gasteiger partial charge < -0.3 is 20.1 Å². The number of fused-ring (bicyclic) bond motifs is 2. The number of aryl methyl sites for hydroxylation is 1. The minimum atomic E-state index is -0.490. The van der Waals surface area contributed by atoms with Gasteiger partial charge in [-0.25, -0.2) is 14.8 Å². The van der Waals surface area contributed by atoms with Crippen LogP contribution >= 0.6 is 0 Å². The molecule has 0 saturated carbocycles. The van der Waals surface area contributed by atoms with Crippen molar-refractivity contribution in [3.63, 3.8) is 0 Å². The zero-order chi connectivity index (χ0) is 22.9. The molecule has 2 N–H and O–H groups in total. The molecule has 2 aliphatic heterocycles. The Labute approximate surface area is 190 Å². The largest absolute Gasteiger partial charge is 0.465 e. The monoisotopic (exact) mass is 449 g/mol. The molecule has 0 bridgehead atoms. The van der Waals surface area contributed by atoms with Gasteiger partial charge in [0.2, 0.25) is 0 Å². The summed E-state index contributed by atoms with van der Waals surface area (Å²) in [5.74, 6) is 0.835. The molecule has 3 aliphatic rings. The molecule has 2 amide bonds. The number of rotatable bonds is 6. The highest BCUT2D eigenvalue weighted by Crippen LogP contribution is 2.31. The molecule has 170 valence electrons. The summed E-state index contributed by atoms with van der Waals surface area (Å²) in [5.41, 5.74) is 4.01. The van der Waals surface area contributed by atoms with E-state index in [0.717, 1.165) is 30.6 Å². The molecule has 0 radical (unpaired) electrons. The van der Waals surface area contributed by atoms with Crippen LogP contribution in [-0.2, 0) is 22.4 Å². The van der Waals surface area contributed by atoms with Crippen molar-refractivity contribution < 1.29 is 19.1 Å². The standard InChI is InChI=1S/C22H23N7O4/c1-12-16-4-13(5-17(16)14(6-23)8-25-12)7-24-3-2-15-10-29(22(31)33-15)18-9-26-21-20(27-18)28-19(30)11-32-21/h8-9,13,15,24H,2-5,7,10-11H2,1H3,(H,27,28,30)/t13?,15-/m0/s1. The van der Waals surface area contributed by atoms with Crippen molar-refractivity contribution in [1.82, 2.24) is 20.3 Å². The quantitative estimate of drug-likeness (QED) is 0.620. The Morgan fingerprint density at radius 3 is 2.97 bits per heavy atom. The Bertz CT molecular complexity index is 1160. The van der Waals surface area contributed by atoms with Crippen LogP contribution in [0, 0.1) is 24.2 Å². The number of hydrogen-bond donors (Lipinski definition) is 2. The van der Waals surface area contributed by atoms with Gasteiger partial charge in [-0.3, -0.25) is 14.7 Å². The van der Waals surface area contributed by atoms with Crippen LogP contribution < -0.4 is 20.3 Å². The Morgan fingerprint density at radius 1 is 1.27 bits per heavy atom. The van der Waals surface area contributed by atoms with Crippen LogP contribution in [0.2, 0.25) is 0 Å². The second-order valence-corrected chi connectivity index (χ2v) is 8.43. The van der Waals surface area contributed by atoms with Crippen molar-refractivity contribution >= 4 is 23.6 Å². The van der Waals surface area contributed by atoms with Gasteiger partial charge in [0, 0.05) is 11.9 Å². The number of carbonyl (C=O) groups excluding carboxylic acids is 2. The van der Waals surface area contributed by atoms with Crippen LogP contribution in [0.4, 0.5) is 16.4 Å². The maximum atomic E-state index is 12.3. The highest BCUT2D eigenvalue weighted by molar-refractivity contribution is 5.94. The molecule has 1 aliphatic carbocycles. The number of cyclic esters (lactones) is 1. The van der Waals surface area contributed by atoms with Gasteiger partial charge in [-0.15, -0.1) is 0 Å². The third-order valence-corrected chi connectivity index (χ3v) is 6.17. The van der Waals surface area contributed by atoms with Crippen LogP contribution in [0.5, 0.6) is 5.88 Å². The molecule has 1 unspecified atom stereocenters. The van der Waals surface area contributed by atoms with Gasteiger partial charge in [-0.2, -0.15) is 5.26 Å². The summed E-state index contributed by atoms with van der Waals surface area (Å²) in [5, 5.41) is 15.4. The van der Waals surface area contributed by atoms with Crippen molar-refractivity contribution in [2.24, 2.45) is 5.92 Å². The fraction of sp³-hybridized carbons (Fsp3) is 0.455. The third kappa shape index (κ3) is 4.17. The molecule has 11 nitrogen and oxygen atoms in total. The summed E-state index contributed by atoms with van der Waals surface area (Å²) in [6, 6.07) is 2.25. The van der Waals surface area contributed by atoms with Crippen molar-refractivity contribution in [3.05, 3.63) is 34.8 Å². The molecule has 2 atom stereocenters. The van der Waals surface area contributed by atoms with Crippen LogP contribution in [0.25, 0.3) is 0 Å². The van der Waals surface area contributed by atoms with Gasteiger partial charge in [0.25, 0.3) is 11.8 Å². The molecule has 5 rings (SSSR count). The molecule has 4 heterocycles. The first-order valence-electron chi connectivity index (χ1n) is 10.9. The highest BCUT2D eigenvalue weighted by atomic mass is 16.6. The minimum Gasteiger partial charge on any atom is -0.465 e. The number of nitriles is 1. The van der Waals surface area contributed by atoms with E-state index in [2.05, 4.69) is 31.7 Å². The number of pyridine rings is 1. The number of anilines is 2. The zero-order valence-electron chi connectivity index (χ0n) is 18.1. The number of carbonyl (C=O) groups is 2. The Hall–Kier alpha value is -3.78. The van der Waals surface area contributed by atoms with Crippen LogP contribution in [0.1, 0.15) is 28.8 Å². The SMILES string of the molecule is Cc1ncc(C#N)c2c1CC(CNCC[C@H]1CN(c3cnc4c(n3)NC(=O)CO4)C(=O)O1)C2. The summed E-state index contributed by atoms with van der Waals surface area (Å²) in [6.07, 6.45) is 4.78. The summed E-state index contributed by atoms with van der Waals surface area (Å²) in [6.45, 7) is 3.75. The van der Waals surface area contributed by atoms with E-state index in [1.165, 1.54) is 16.7 Å². The average molecular weight is 449 g/mol. The lowest BCUT2D eigenvalue weighted by atomic mass is 10.0. The fourth-order valence-electron chi connectivity index (χ4n) is 4.51. The Kier molecular flexibility index (Phi) is 5.51. The summed E-state index contributed by atoms with van der Waals surface area (Å²) >= 11 is 0. The average Bonchev–Trinajstić information content (AvgIpc) is 3.40. The molecule has 0 spiro atoms. The molecule has 11 heteroatoms. The highest BCUT2D eigenvalue weighted by Gasteiger charge is 2.34.